The van der Waals surface area contributed by atoms with Crippen molar-refractivity contribution < 1.29 is 53.7 Å². The van der Waals surface area contributed by atoms with Crippen LogP contribution in [0.1, 0.15) is 58.1 Å². The van der Waals surface area contributed by atoms with Crippen LogP contribution in [0.5, 0.6) is 5.75 Å². The van der Waals surface area contributed by atoms with Gasteiger partial charge in [0.15, 0.2) is 0 Å². The molecule has 1 aliphatic heterocycles. The first kappa shape index (κ1) is 53.1. The molecule has 64 heavy (non-hydrogen) atoms. The number of thioether (sulfide) groups is 2. The summed E-state index contributed by atoms with van der Waals surface area (Å²) in [6, 6.07) is 4.01. The van der Waals surface area contributed by atoms with E-state index in [9.17, 15) is 53.7 Å². The Morgan fingerprint density at radius 1 is 0.812 bits per heavy atom. The molecule has 19 nitrogen and oxygen atoms in total. The maximum absolute atomic E-state index is 14.0. The number of benzene rings is 2. The molecule has 0 radical (unpaired) electrons. The minimum atomic E-state index is -1.77. The van der Waals surface area contributed by atoms with E-state index < -0.39 is 113 Å². The van der Waals surface area contributed by atoms with Gasteiger partial charge < -0.3 is 58.3 Å². The highest BCUT2D eigenvalue weighted by molar-refractivity contribution is 8.13. The van der Waals surface area contributed by atoms with Crippen molar-refractivity contribution in [2.24, 2.45) is 11.7 Å². The van der Waals surface area contributed by atoms with Crippen LogP contribution in [0.4, 0.5) is 0 Å². The lowest BCUT2D eigenvalue weighted by molar-refractivity contribution is -0.137. The third kappa shape index (κ3) is 16.4. The van der Waals surface area contributed by atoms with Gasteiger partial charge in [-0.1, -0.05) is 81.4 Å². The van der Waals surface area contributed by atoms with Crippen LogP contribution in [0.15, 0.2) is 54.6 Å². The molecule has 0 saturated carbocycles. The number of carbonyl (C=O) groups excluding carboxylic acids is 8. The van der Waals surface area contributed by atoms with Crippen molar-refractivity contribution in [1.82, 2.24) is 37.2 Å². The van der Waals surface area contributed by atoms with Crippen molar-refractivity contribution >= 4 is 70.0 Å². The molecule has 1 fully saturated rings. The zero-order valence-corrected chi connectivity index (χ0v) is 38.3. The lowest BCUT2D eigenvalue weighted by Crippen LogP contribution is -2.63. The van der Waals surface area contributed by atoms with Gasteiger partial charge in [0.05, 0.1) is 24.8 Å². The number of phenols is 1. The number of carbonyl (C=O) groups is 8. The highest BCUT2D eigenvalue weighted by atomic mass is 32.2. The quantitative estimate of drug-likeness (QED) is 0.0834. The smallest absolute Gasteiger partial charge is 0.245 e. The molecule has 12 N–H and O–H groups in total. The van der Waals surface area contributed by atoms with Gasteiger partial charge in [-0.15, -0.1) is 0 Å². The number of aromatic hydroxyl groups is 1. The van der Waals surface area contributed by atoms with E-state index in [-0.39, 0.29) is 37.4 Å². The number of nitrogens with two attached hydrogens (primary N) is 1. The SMILES string of the molecule is CC[C@H]1NC(=O)[C@H](NC(=O)[C@@H](NC(=O)[C@H](CO)NC(=O)[C@@H](N)Cc2ccc(O)cc2)[C@@H](C)O)CSC(=O)[C@@H](CCSC)NC(=O)[C@@H]([C@@H](C)CC)NC(=O)[C@@H](Cc2ccccc2)NC1=O. The molecule has 3 rings (SSSR count). The largest absolute Gasteiger partial charge is 0.508 e. The highest BCUT2D eigenvalue weighted by Crippen LogP contribution is 2.17. The van der Waals surface area contributed by atoms with Gasteiger partial charge in [-0.05, 0) is 67.4 Å². The molecule has 0 spiro atoms. The van der Waals surface area contributed by atoms with Gasteiger partial charge in [-0.3, -0.25) is 38.4 Å². The van der Waals surface area contributed by atoms with Crippen molar-refractivity contribution in [3.8, 4) is 5.75 Å². The molecule has 0 aromatic heterocycles. The Labute approximate surface area is 381 Å². The summed E-state index contributed by atoms with van der Waals surface area (Å²) in [7, 11) is 0. The van der Waals surface area contributed by atoms with Gasteiger partial charge in [-0.2, -0.15) is 11.8 Å². The van der Waals surface area contributed by atoms with Crippen LogP contribution in [-0.2, 0) is 51.2 Å². The summed E-state index contributed by atoms with van der Waals surface area (Å²) in [6.45, 7) is 5.47. The Kier molecular flexibility index (Phi) is 22.0. The number of aliphatic hydroxyl groups excluding tert-OH is 2. The van der Waals surface area contributed by atoms with Crippen LogP contribution < -0.4 is 43.0 Å². The first-order valence-electron chi connectivity index (χ1n) is 21.1. The molecule has 1 heterocycles. The minimum Gasteiger partial charge on any atom is -0.508 e. The van der Waals surface area contributed by atoms with E-state index in [0.717, 1.165) is 0 Å². The second-order valence-corrected chi connectivity index (χ2v) is 17.6. The third-order valence-electron chi connectivity index (χ3n) is 10.6. The number of aliphatic hydroxyl groups is 2. The normalized spacial score (nSPS) is 22.6. The molecule has 21 heteroatoms. The first-order valence-corrected chi connectivity index (χ1v) is 23.4. The molecule has 0 aliphatic carbocycles. The lowest BCUT2D eigenvalue weighted by atomic mass is 9.96. The second-order valence-electron chi connectivity index (χ2n) is 15.6. The number of rotatable bonds is 18. The van der Waals surface area contributed by atoms with Gasteiger partial charge >= 0.3 is 0 Å². The molecule has 0 unspecified atom stereocenters. The van der Waals surface area contributed by atoms with Crippen LogP contribution >= 0.6 is 23.5 Å². The Morgan fingerprint density at radius 3 is 2.03 bits per heavy atom. The summed E-state index contributed by atoms with van der Waals surface area (Å²) in [5, 5.41) is 47.6. The van der Waals surface area contributed by atoms with Gasteiger partial charge in [0.2, 0.25) is 46.5 Å². The van der Waals surface area contributed by atoms with Crippen LogP contribution in [0.3, 0.4) is 0 Å². The van der Waals surface area contributed by atoms with Gasteiger partial charge in [-0.25, -0.2) is 0 Å². The number of hydrogen-bond donors (Lipinski definition) is 11. The maximum Gasteiger partial charge on any atom is 0.245 e. The second kappa shape index (κ2) is 26.5. The van der Waals surface area contributed by atoms with E-state index in [0.29, 0.717) is 35.1 Å². The molecular formula is C43H62N8O11S2. The molecule has 1 saturated heterocycles. The fourth-order valence-corrected chi connectivity index (χ4v) is 7.89. The molecule has 7 amide bonds. The average molecular weight is 931 g/mol. The minimum absolute atomic E-state index is 0.00811. The topological polar surface area (TPSA) is 307 Å². The molecular weight excluding hydrogens is 869 g/mol. The summed E-state index contributed by atoms with van der Waals surface area (Å²) in [5.74, 6) is -6.31. The average Bonchev–Trinajstić information content (AvgIpc) is 3.27. The van der Waals surface area contributed by atoms with Crippen molar-refractivity contribution in [2.75, 3.05) is 24.4 Å². The van der Waals surface area contributed by atoms with Gasteiger partial charge in [0.25, 0.3) is 0 Å². The van der Waals surface area contributed by atoms with Gasteiger partial charge in [0.1, 0.15) is 42.0 Å². The molecule has 2 aromatic rings. The number of hydrogen-bond acceptors (Lipinski definition) is 14. The first-order chi connectivity index (χ1) is 30.4. The standard InChI is InChI=1S/C43H62N8O11S2/c1-6-23(3)34-41(60)46-30(17-18-63-5)43(62)64-22-33(40(59)45-29(7-2)37(56)47-31(38(57)50-34)20-25-11-9-8-10-12-25)49-42(61)35(24(4)53)51-39(58)32(21-52)48-36(55)28(44)19-26-13-15-27(54)16-14-26/h8-16,23-24,28-35,52-54H,6-7,17-22,44H2,1-5H3,(H,45,59)(H,46,60)(H,47,56)(H,48,55)(H,49,61)(H,50,57)(H,51,58)/t23-,24+,28-,29+,30+,31+,32-,33+,34+,35-/m0/s1. The van der Waals surface area contributed by atoms with E-state index >= 15 is 0 Å². The fraction of sp³-hybridized carbons (Fsp3) is 0.535. The Morgan fingerprint density at radius 2 is 1.44 bits per heavy atom. The lowest BCUT2D eigenvalue weighted by Gasteiger charge is -2.30. The van der Waals surface area contributed by atoms with Crippen molar-refractivity contribution in [2.45, 2.75) is 114 Å². The Hall–Kier alpha value is -5.22. The van der Waals surface area contributed by atoms with E-state index in [4.69, 9.17) is 5.73 Å². The third-order valence-corrected chi connectivity index (χ3v) is 12.3. The van der Waals surface area contributed by atoms with Crippen LogP contribution in [-0.4, -0.2) is 141 Å². The zero-order valence-electron chi connectivity index (χ0n) is 36.6. The van der Waals surface area contributed by atoms with Crippen LogP contribution in [0, 0.1) is 5.92 Å². The summed E-state index contributed by atoms with van der Waals surface area (Å²) in [5.41, 5.74) is 7.32. The monoisotopic (exact) mass is 930 g/mol. The van der Waals surface area contributed by atoms with Gasteiger partial charge in [0, 0.05) is 12.2 Å². The summed E-state index contributed by atoms with van der Waals surface area (Å²) >= 11 is 2.05. The Bertz CT molecular complexity index is 1910. The van der Waals surface area contributed by atoms with Crippen molar-refractivity contribution in [3.63, 3.8) is 0 Å². The summed E-state index contributed by atoms with van der Waals surface area (Å²) < 4.78 is 0. The van der Waals surface area contributed by atoms with E-state index in [1.54, 1.807) is 56.3 Å². The predicted octanol–water partition coefficient (Wildman–Crippen LogP) is -1.25. The molecule has 0 bridgehead atoms. The molecule has 10 atom stereocenters. The fourth-order valence-electron chi connectivity index (χ4n) is 6.48. The molecule has 352 valence electrons. The molecule has 2 aromatic carbocycles. The zero-order chi connectivity index (χ0) is 47.5. The van der Waals surface area contributed by atoms with Crippen LogP contribution in [0.2, 0.25) is 0 Å². The number of amides is 7. The number of phenolic OH excluding ortho intramolecular Hbond substituents is 1. The van der Waals surface area contributed by atoms with Crippen molar-refractivity contribution in [3.05, 3.63) is 65.7 Å². The molecule has 1 aliphatic rings. The van der Waals surface area contributed by atoms with E-state index in [2.05, 4.69) is 37.2 Å². The maximum atomic E-state index is 14.0. The van der Waals surface area contributed by atoms with Crippen LogP contribution in [0.25, 0.3) is 0 Å². The summed E-state index contributed by atoms with van der Waals surface area (Å²) in [4.78, 5) is 110. The highest BCUT2D eigenvalue weighted by Gasteiger charge is 2.37. The van der Waals surface area contributed by atoms with E-state index in [1.807, 2.05) is 13.2 Å². The predicted molar refractivity (Wildman–Crippen MR) is 242 cm³/mol. The Balaban J connectivity index is 1.92. The van der Waals surface area contributed by atoms with Crippen molar-refractivity contribution in [1.29, 1.82) is 0 Å². The summed E-state index contributed by atoms with van der Waals surface area (Å²) in [6.07, 6.45) is 0.957. The number of nitrogens with one attached hydrogen (secondary N) is 7. The van der Waals surface area contributed by atoms with E-state index in [1.165, 1.54) is 30.8 Å².